The maximum Gasteiger partial charge on any atom is 0.231 e. The molecule has 7 heteroatoms. The lowest BCUT2D eigenvalue weighted by molar-refractivity contribution is -0.115. The topological polar surface area (TPSA) is 86.5 Å². The van der Waals surface area contributed by atoms with Crippen molar-refractivity contribution >= 4 is 22.5 Å². The highest BCUT2D eigenvalue weighted by Gasteiger charge is 2.19. The van der Waals surface area contributed by atoms with E-state index in [1.54, 1.807) is 13.1 Å². The van der Waals surface area contributed by atoms with Gasteiger partial charge >= 0.3 is 0 Å². The molecule has 0 fully saturated rings. The zero-order valence-corrected chi connectivity index (χ0v) is 15.6. The summed E-state index contributed by atoms with van der Waals surface area (Å²) in [5.41, 5.74) is 2.78. The number of benzene rings is 2. The van der Waals surface area contributed by atoms with E-state index >= 15 is 0 Å². The van der Waals surface area contributed by atoms with Crippen LogP contribution in [0.25, 0.3) is 22.4 Å². The molecule has 3 heterocycles. The quantitative estimate of drug-likeness (QED) is 0.567. The molecular weight excluding hydrogens is 370 g/mol. The summed E-state index contributed by atoms with van der Waals surface area (Å²) in [6.45, 7) is 2.00. The number of carbonyl (C=O) groups is 1. The van der Waals surface area contributed by atoms with E-state index in [9.17, 15) is 4.79 Å². The maximum atomic E-state index is 12.6. The molecule has 29 heavy (non-hydrogen) atoms. The standard InChI is InChI=1S/C22H17N3O4/c1-13-17(25-22(29-13)15-7-8-18-19(10-15)28-12-27-18)11-20(26)24-16-6-2-4-14-5-3-9-23-21(14)16/h2-10H,11-12H2,1H3,(H,24,26). The van der Waals surface area contributed by atoms with Gasteiger partial charge in [-0.25, -0.2) is 4.98 Å². The van der Waals surface area contributed by atoms with Crippen LogP contribution in [-0.4, -0.2) is 22.7 Å². The molecule has 0 saturated heterocycles. The molecule has 1 aliphatic rings. The van der Waals surface area contributed by atoms with E-state index in [0.29, 0.717) is 34.5 Å². The lowest BCUT2D eigenvalue weighted by Crippen LogP contribution is -2.15. The first-order valence-electron chi connectivity index (χ1n) is 9.17. The number of carbonyl (C=O) groups excluding carboxylic acids is 1. The smallest absolute Gasteiger partial charge is 0.231 e. The van der Waals surface area contributed by atoms with E-state index < -0.39 is 0 Å². The van der Waals surface area contributed by atoms with E-state index in [-0.39, 0.29) is 19.1 Å². The van der Waals surface area contributed by atoms with Crippen molar-refractivity contribution in [3.05, 3.63) is 66.2 Å². The number of fused-ring (bicyclic) bond motifs is 2. The van der Waals surface area contributed by atoms with Crippen molar-refractivity contribution in [2.75, 3.05) is 12.1 Å². The first kappa shape index (κ1) is 17.2. The van der Waals surface area contributed by atoms with Crippen LogP contribution in [-0.2, 0) is 11.2 Å². The third-order valence-electron chi connectivity index (χ3n) is 4.75. The highest BCUT2D eigenvalue weighted by Crippen LogP contribution is 2.36. The maximum absolute atomic E-state index is 12.6. The molecular formula is C22H17N3O4. The molecule has 1 N–H and O–H groups in total. The molecule has 2 aromatic heterocycles. The summed E-state index contributed by atoms with van der Waals surface area (Å²) < 4.78 is 16.5. The Morgan fingerprint density at radius 3 is 2.90 bits per heavy atom. The number of hydrogen-bond donors (Lipinski definition) is 1. The Labute approximate surface area is 166 Å². The molecule has 144 valence electrons. The van der Waals surface area contributed by atoms with E-state index in [0.717, 1.165) is 16.5 Å². The second kappa shape index (κ2) is 6.94. The largest absolute Gasteiger partial charge is 0.454 e. The second-order valence-electron chi connectivity index (χ2n) is 6.70. The van der Waals surface area contributed by atoms with E-state index in [2.05, 4.69) is 15.3 Å². The number of amides is 1. The van der Waals surface area contributed by atoms with Crippen LogP contribution in [0.1, 0.15) is 11.5 Å². The first-order valence-corrected chi connectivity index (χ1v) is 9.17. The Bertz CT molecular complexity index is 1230. The SMILES string of the molecule is Cc1oc(-c2ccc3c(c2)OCO3)nc1CC(=O)Nc1cccc2cccnc12. The molecule has 0 unspecified atom stereocenters. The van der Waals surface area contributed by atoms with Crippen molar-refractivity contribution in [2.24, 2.45) is 0 Å². The van der Waals surface area contributed by atoms with Crippen molar-refractivity contribution < 1.29 is 18.7 Å². The van der Waals surface area contributed by atoms with Crippen molar-refractivity contribution in [1.82, 2.24) is 9.97 Å². The summed E-state index contributed by atoms with van der Waals surface area (Å²) in [6.07, 6.45) is 1.81. The van der Waals surface area contributed by atoms with Crippen LogP contribution in [0.15, 0.2) is 59.1 Å². The van der Waals surface area contributed by atoms with Crippen LogP contribution in [0.3, 0.4) is 0 Å². The number of aromatic nitrogens is 2. The van der Waals surface area contributed by atoms with E-state index in [1.165, 1.54) is 0 Å². The molecule has 2 aromatic carbocycles. The number of rotatable bonds is 4. The molecule has 0 radical (unpaired) electrons. The average molecular weight is 387 g/mol. The van der Waals surface area contributed by atoms with Gasteiger partial charge in [-0.15, -0.1) is 0 Å². The van der Waals surface area contributed by atoms with Gasteiger partial charge in [-0.2, -0.15) is 0 Å². The van der Waals surface area contributed by atoms with Crippen LogP contribution in [0, 0.1) is 6.92 Å². The molecule has 0 bridgehead atoms. The Morgan fingerprint density at radius 1 is 1.10 bits per heavy atom. The monoisotopic (exact) mass is 387 g/mol. The van der Waals surface area contributed by atoms with Crippen LogP contribution in [0.5, 0.6) is 11.5 Å². The molecule has 0 aliphatic carbocycles. The van der Waals surface area contributed by atoms with Crippen LogP contribution < -0.4 is 14.8 Å². The molecule has 1 amide bonds. The number of para-hydroxylation sites is 1. The number of hydrogen-bond acceptors (Lipinski definition) is 6. The summed E-state index contributed by atoms with van der Waals surface area (Å²) in [4.78, 5) is 21.5. The lowest BCUT2D eigenvalue weighted by atomic mass is 10.2. The van der Waals surface area contributed by atoms with E-state index in [1.807, 2.05) is 48.5 Å². The minimum atomic E-state index is -0.184. The Kier molecular flexibility index (Phi) is 4.13. The van der Waals surface area contributed by atoms with Gasteiger partial charge in [-0.3, -0.25) is 9.78 Å². The second-order valence-corrected chi connectivity index (χ2v) is 6.70. The number of nitrogens with zero attached hydrogens (tertiary/aromatic N) is 2. The van der Waals surface area contributed by atoms with Crippen LogP contribution >= 0.6 is 0 Å². The van der Waals surface area contributed by atoms with E-state index in [4.69, 9.17) is 13.9 Å². The molecule has 7 nitrogen and oxygen atoms in total. The summed E-state index contributed by atoms with van der Waals surface area (Å²) >= 11 is 0. The zero-order valence-electron chi connectivity index (χ0n) is 15.6. The van der Waals surface area contributed by atoms with Gasteiger partial charge in [-0.05, 0) is 37.3 Å². The fourth-order valence-electron chi connectivity index (χ4n) is 3.30. The summed E-state index contributed by atoms with van der Waals surface area (Å²) in [5, 5.41) is 3.89. The minimum Gasteiger partial charge on any atom is -0.454 e. The minimum absolute atomic E-state index is 0.100. The zero-order chi connectivity index (χ0) is 19.8. The van der Waals surface area contributed by atoms with Crippen molar-refractivity contribution in [3.63, 3.8) is 0 Å². The van der Waals surface area contributed by atoms with Crippen molar-refractivity contribution in [3.8, 4) is 23.0 Å². The number of pyridine rings is 1. The highest BCUT2D eigenvalue weighted by molar-refractivity contribution is 6.00. The number of anilines is 1. The summed E-state index contributed by atoms with van der Waals surface area (Å²) in [5.74, 6) is 2.21. The molecule has 0 spiro atoms. The predicted octanol–water partition coefficient (Wildman–Crippen LogP) is 4.11. The van der Waals surface area contributed by atoms with Gasteiger partial charge in [0.15, 0.2) is 11.5 Å². The lowest BCUT2D eigenvalue weighted by Gasteiger charge is -2.07. The Morgan fingerprint density at radius 2 is 1.97 bits per heavy atom. The molecule has 4 aromatic rings. The van der Waals surface area contributed by atoms with Crippen LogP contribution in [0.4, 0.5) is 5.69 Å². The fourth-order valence-corrected chi connectivity index (χ4v) is 3.30. The number of ether oxygens (including phenoxy) is 2. The van der Waals surface area contributed by atoms with Gasteiger partial charge < -0.3 is 19.2 Å². The average Bonchev–Trinajstić information content (AvgIpc) is 3.34. The number of oxazole rings is 1. The third kappa shape index (κ3) is 3.27. The van der Waals surface area contributed by atoms with Gasteiger partial charge in [0.1, 0.15) is 5.76 Å². The van der Waals surface area contributed by atoms with Crippen molar-refractivity contribution in [2.45, 2.75) is 13.3 Å². The Balaban J connectivity index is 1.36. The number of nitrogens with one attached hydrogen (secondary N) is 1. The van der Waals surface area contributed by atoms with Gasteiger partial charge in [0.25, 0.3) is 0 Å². The Hall–Kier alpha value is -3.87. The van der Waals surface area contributed by atoms with Gasteiger partial charge in [0.2, 0.25) is 18.6 Å². The summed E-state index contributed by atoms with van der Waals surface area (Å²) in [6, 6.07) is 15.0. The fraction of sp³-hybridized carbons (Fsp3) is 0.136. The third-order valence-corrected chi connectivity index (χ3v) is 4.75. The van der Waals surface area contributed by atoms with Gasteiger partial charge in [-0.1, -0.05) is 18.2 Å². The molecule has 0 saturated carbocycles. The molecule has 5 rings (SSSR count). The number of aryl methyl sites for hydroxylation is 1. The van der Waals surface area contributed by atoms with Crippen LogP contribution in [0.2, 0.25) is 0 Å². The van der Waals surface area contributed by atoms with Crippen molar-refractivity contribution in [1.29, 1.82) is 0 Å². The highest BCUT2D eigenvalue weighted by atomic mass is 16.7. The van der Waals surface area contributed by atoms with Gasteiger partial charge in [0, 0.05) is 17.1 Å². The summed E-state index contributed by atoms with van der Waals surface area (Å²) in [7, 11) is 0. The predicted molar refractivity (Wildman–Crippen MR) is 107 cm³/mol. The first-order chi connectivity index (χ1) is 14.2. The molecule has 0 atom stereocenters. The van der Waals surface area contributed by atoms with Gasteiger partial charge in [0.05, 0.1) is 23.3 Å². The normalized spacial score (nSPS) is 12.3. The molecule has 1 aliphatic heterocycles.